The zero-order chi connectivity index (χ0) is 38.6. The van der Waals surface area contributed by atoms with Crippen molar-refractivity contribution in [1.82, 2.24) is 0 Å². The molecule has 0 aliphatic carbocycles. The number of thioether (sulfide) groups is 3. The lowest BCUT2D eigenvalue weighted by Crippen LogP contribution is -2.18. The summed E-state index contributed by atoms with van der Waals surface area (Å²) in [4.78, 5) is 45.8. The van der Waals surface area contributed by atoms with Gasteiger partial charge in [-0.1, -0.05) is 137 Å². The second-order valence-electron chi connectivity index (χ2n) is 16.7. The second-order valence-corrected chi connectivity index (χ2v) is 20.0. The topological polar surface area (TPSA) is 88.5 Å². The summed E-state index contributed by atoms with van der Waals surface area (Å²) in [5.41, 5.74) is 3.40. The zero-order valence-corrected chi connectivity index (χ0v) is 35.1. The van der Waals surface area contributed by atoms with Crippen LogP contribution in [0.3, 0.4) is 0 Å². The number of carbonyl (C=O) groups is 4. The molecule has 0 bridgehead atoms. The summed E-state index contributed by atoms with van der Waals surface area (Å²) >= 11 is 4.49. The Morgan fingerprint density at radius 1 is 0.580 bits per heavy atom. The Balaban J connectivity index is 0.000000730. The number of hydrogen-bond acceptors (Lipinski definition) is 8. The third kappa shape index (κ3) is 24.1. The monoisotopic (exact) mass is 744 g/mol. The Hall–Kier alpha value is -2.13. The number of rotatable bonds is 15. The summed E-state index contributed by atoms with van der Waals surface area (Å²) in [7, 11) is 0. The van der Waals surface area contributed by atoms with Crippen molar-refractivity contribution in [2.24, 2.45) is 21.7 Å². The average molecular weight is 745 g/mol. The minimum atomic E-state index is -0.150. The molecule has 0 saturated heterocycles. The standard InChI is InChI=1S/C16H22O2S.C14H18O2S.C12H24OS/c1-16(2,3)10-4-5-11-19-15(18)14-8-6-13(12-17)7-9-14;1-14(2,3)8-9-17-13(16)12-6-4-11(10-15)5-7-12;1-10(12(5,6)9-13)14-8-7-11(2,3)4/h6-9,12H,4-5,10-11H2,1-3H3;4-7,10H,8-9H2,1-3H3;13H,1,7-9H2,2-6H3. The van der Waals surface area contributed by atoms with E-state index in [1.807, 2.05) is 13.8 Å². The molecular formula is C42H64O5S3. The Morgan fingerprint density at radius 2 is 0.940 bits per heavy atom. The summed E-state index contributed by atoms with van der Waals surface area (Å²) in [5.74, 6) is 2.79. The average Bonchev–Trinajstić information content (AvgIpc) is 3.03. The van der Waals surface area contributed by atoms with Crippen LogP contribution in [-0.4, -0.2) is 51.8 Å². The molecule has 50 heavy (non-hydrogen) atoms. The van der Waals surface area contributed by atoms with Crippen molar-refractivity contribution in [1.29, 1.82) is 0 Å². The van der Waals surface area contributed by atoms with Crippen LogP contribution in [0.2, 0.25) is 0 Å². The van der Waals surface area contributed by atoms with Crippen molar-refractivity contribution in [2.75, 3.05) is 23.9 Å². The summed E-state index contributed by atoms with van der Waals surface area (Å²) in [5, 5.41) is 9.32. The lowest BCUT2D eigenvalue weighted by molar-refractivity contribution is 0.108. The van der Waals surface area contributed by atoms with Crippen molar-refractivity contribution in [3.63, 3.8) is 0 Å². The van der Waals surface area contributed by atoms with Gasteiger partial charge in [-0.15, -0.1) is 11.8 Å². The Bertz CT molecular complexity index is 1310. The summed E-state index contributed by atoms with van der Waals surface area (Å²) in [6.07, 6.45) is 7.17. The van der Waals surface area contributed by atoms with E-state index in [4.69, 9.17) is 5.11 Å². The molecule has 0 heterocycles. The molecule has 0 aliphatic heterocycles. The van der Waals surface area contributed by atoms with Gasteiger partial charge in [-0.05, 0) is 76.9 Å². The first-order valence-electron chi connectivity index (χ1n) is 17.4. The van der Waals surface area contributed by atoms with Gasteiger partial charge in [-0.3, -0.25) is 19.2 Å². The molecule has 1 N–H and O–H groups in total. The van der Waals surface area contributed by atoms with Gasteiger partial charge in [0, 0.05) is 39.2 Å². The SMILES string of the molecule is C=C(SCCC(C)(C)C)C(C)(C)CO.CC(C)(C)CCCCSC(=O)c1ccc(C=O)cc1.CC(C)(C)CCSC(=O)c1ccc(C=O)cc1. The quantitative estimate of drug-likeness (QED) is 0.142. The lowest BCUT2D eigenvalue weighted by Gasteiger charge is -2.25. The minimum Gasteiger partial charge on any atom is -0.395 e. The van der Waals surface area contributed by atoms with Gasteiger partial charge in [0.15, 0.2) is 0 Å². The third-order valence-corrected chi connectivity index (χ3v) is 10.7. The van der Waals surface area contributed by atoms with Gasteiger partial charge in [0.2, 0.25) is 10.2 Å². The fraction of sp³-hybridized carbons (Fsp3) is 0.571. The van der Waals surface area contributed by atoms with Crippen molar-refractivity contribution in [2.45, 2.75) is 108 Å². The van der Waals surface area contributed by atoms with E-state index in [1.54, 1.807) is 60.3 Å². The number of unbranched alkanes of at least 4 members (excludes halogenated alkanes) is 1. The summed E-state index contributed by atoms with van der Waals surface area (Å²) in [6.45, 7) is 28.2. The van der Waals surface area contributed by atoms with Crippen LogP contribution in [-0.2, 0) is 0 Å². The first-order valence-corrected chi connectivity index (χ1v) is 20.4. The maximum Gasteiger partial charge on any atom is 0.219 e. The molecule has 8 heteroatoms. The fourth-order valence-corrected chi connectivity index (χ4v) is 7.15. The molecule has 2 aromatic carbocycles. The van der Waals surface area contributed by atoms with Crippen LogP contribution in [0, 0.1) is 21.7 Å². The number of carbonyl (C=O) groups excluding carboxylic acids is 4. The predicted molar refractivity (Wildman–Crippen MR) is 221 cm³/mol. The molecule has 2 rings (SSSR count). The highest BCUT2D eigenvalue weighted by Crippen LogP contribution is 2.35. The van der Waals surface area contributed by atoms with Crippen molar-refractivity contribution in [3.8, 4) is 0 Å². The smallest absolute Gasteiger partial charge is 0.219 e. The minimum absolute atomic E-state index is 0.0756. The normalized spacial score (nSPS) is 11.8. The zero-order valence-electron chi connectivity index (χ0n) is 32.6. The molecule has 0 atom stereocenters. The molecular weight excluding hydrogens is 681 g/mol. The van der Waals surface area contributed by atoms with Crippen molar-refractivity contribution < 1.29 is 24.3 Å². The van der Waals surface area contributed by atoms with Crippen molar-refractivity contribution >= 4 is 58.1 Å². The molecule has 0 radical (unpaired) electrons. The molecule has 0 saturated carbocycles. The second kappa shape index (κ2) is 23.4. The van der Waals surface area contributed by atoms with Crippen LogP contribution in [0.15, 0.2) is 60.0 Å². The van der Waals surface area contributed by atoms with E-state index in [0.717, 1.165) is 54.0 Å². The van der Waals surface area contributed by atoms with E-state index in [2.05, 4.69) is 68.9 Å². The number of aldehydes is 2. The first kappa shape index (κ1) is 47.9. The van der Waals surface area contributed by atoms with Crippen LogP contribution in [0.4, 0.5) is 0 Å². The lowest BCUT2D eigenvalue weighted by atomic mass is 9.90. The van der Waals surface area contributed by atoms with E-state index in [-0.39, 0.29) is 27.7 Å². The summed E-state index contributed by atoms with van der Waals surface area (Å²) in [6, 6.07) is 13.5. The van der Waals surface area contributed by atoms with E-state index in [9.17, 15) is 19.2 Å². The Kier molecular flexibility index (Phi) is 22.4. The molecule has 5 nitrogen and oxygen atoms in total. The van der Waals surface area contributed by atoms with E-state index < -0.39 is 0 Å². The molecule has 0 spiro atoms. The highest BCUT2D eigenvalue weighted by atomic mass is 32.2. The Morgan fingerprint density at radius 3 is 1.28 bits per heavy atom. The van der Waals surface area contributed by atoms with Gasteiger partial charge in [-0.2, -0.15) is 0 Å². The molecule has 0 amide bonds. The van der Waals surface area contributed by atoms with E-state index in [0.29, 0.717) is 33.1 Å². The number of benzene rings is 2. The fourth-order valence-electron chi connectivity index (χ4n) is 3.70. The van der Waals surface area contributed by atoms with Gasteiger partial charge in [0.05, 0.1) is 6.61 Å². The molecule has 2 aromatic rings. The molecule has 0 fully saturated rings. The maximum atomic E-state index is 11.9. The molecule has 0 unspecified atom stereocenters. The maximum absolute atomic E-state index is 11.9. The third-order valence-electron chi connectivity index (χ3n) is 7.48. The van der Waals surface area contributed by atoms with Gasteiger partial charge >= 0.3 is 0 Å². The van der Waals surface area contributed by atoms with Crippen LogP contribution in [0.25, 0.3) is 0 Å². The van der Waals surface area contributed by atoms with Crippen molar-refractivity contribution in [3.05, 3.63) is 82.3 Å². The number of aliphatic hydroxyl groups is 1. The Labute approximate surface area is 317 Å². The number of aliphatic hydroxyl groups excluding tert-OH is 1. The molecule has 0 aliphatic rings. The molecule has 280 valence electrons. The highest BCUT2D eigenvalue weighted by molar-refractivity contribution is 8.14. The van der Waals surface area contributed by atoms with Gasteiger partial charge < -0.3 is 5.11 Å². The van der Waals surface area contributed by atoms with Gasteiger partial charge in [-0.25, -0.2) is 0 Å². The van der Waals surface area contributed by atoms with E-state index >= 15 is 0 Å². The van der Waals surface area contributed by atoms with Gasteiger partial charge in [0.1, 0.15) is 12.6 Å². The highest BCUT2D eigenvalue weighted by Gasteiger charge is 2.21. The van der Waals surface area contributed by atoms with Crippen LogP contribution in [0.5, 0.6) is 0 Å². The van der Waals surface area contributed by atoms with Crippen LogP contribution >= 0.6 is 35.3 Å². The van der Waals surface area contributed by atoms with Gasteiger partial charge in [0.25, 0.3) is 0 Å². The largest absolute Gasteiger partial charge is 0.395 e. The van der Waals surface area contributed by atoms with E-state index in [1.165, 1.54) is 36.4 Å². The number of hydrogen-bond donors (Lipinski definition) is 1. The first-order chi connectivity index (χ1) is 23.0. The van der Waals surface area contributed by atoms with Crippen LogP contribution < -0.4 is 0 Å². The predicted octanol–water partition coefficient (Wildman–Crippen LogP) is 12.1. The molecule has 0 aromatic heterocycles. The van der Waals surface area contributed by atoms with Crippen LogP contribution in [0.1, 0.15) is 150 Å². The summed E-state index contributed by atoms with van der Waals surface area (Å²) < 4.78 is 0.